The summed E-state index contributed by atoms with van der Waals surface area (Å²) in [5.74, 6) is 0.502. The van der Waals surface area contributed by atoms with Gasteiger partial charge in [-0.3, -0.25) is 4.79 Å². The summed E-state index contributed by atoms with van der Waals surface area (Å²) in [5, 5.41) is 0. The lowest BCUT2D eigenvalue weighted by atomic mass is 10.1. The highest BCUT2D eigenvalue weighted by Crippen LogP contribution is 2.29. The number of nitrogens with zero attached hydrogens (tertiary/aromatic N) is 3. The molecule has 1 heterocycles. The van der Waals surface area contributed by atoms with E-state index in [1.165, 1.54) is 6.33 Å². The maximum absolute atomic E-state index is 12.9. The predicted octanol–water partition coefficient (Wildman–Crippen LogP) is 5.00. The van der Waals surface area contributed by atoms with Crippen LogP contribution in [0.3, 0.4) is 0 Å². The second-order valence-electron chi connectivity index (χ2n) is 6.76. The summed E-state index contributed by atoms with van der Waals surface area (Å²) in [5.41, 5.74) is 3.65. The predicted molar refractivity (Wildman–Crippen MR) is 117 cm³/mol. The van der Waals surface area contributed by atoms with Crippen LogP contribution in [-0.4, -0.2) is 22.9 Å². The third-order valence-electron chi connectivity index (χ3n) is 4.73. The Balaban J connectivity index is 1.59. The fourth-order valence-electron chi connectivity index (χ4n) is 3.10. The van der Waals surface area contributed by atoms with Gasteiger partial charge >= 0.3 is 0 Å². The molecule has 30 heavy (non-hydrogen) atoms. The molecular formula is C25H21N3O2. The molecule has 4 rings (SSSR count). The minimum Gasteiger partial charge on any atom is -0.488 e. The van der Waals surface area contributed by atoms with Gasteiger partial charge in [0, 0.05) is 18.3 Å². The van der Waals surface area contributed by atoms with Crippen LogP contribution in [0, 0.1) is 0 Å². The molecule has 0 radical (unpaired) electrons. The van der Waals surface area contributed by atoms with Crippen molar-refractivity contribution in [2.45, 2.75) is 6.61 Å². The minimum atomic E-state index is -0.201. The Labute approximate surface area is 175 Å². The number of ether oxygens (including phenoxy) is 1. The average Bonchev–Trinajstić information content (AvgIpc) is 2.83. The molecule has 0 aliphatic rings. The van der Waals surface area contributed by atoms with Crippen molar-refractivity contribution in [1.29, 1.82) is 0 Å². The molecule has 1 amide bonds. The van der Waals surface area contributed by atoms with Gasteiger partial charge in [-0.05, 0) is 35.9 Å². The third kappa shape index (κ3) is 4.36. The van der Waals surface area contributed by atoms with Crippen LogP contribution in [0.15, 0.2) is 97.3 Å². The number of amides is 1. The topological polar surface area (TPSA) is 55.3 Å². The Morgan fingerprint density at radius 3 is 2.30 bits per heavy atom. The van der Waals surface area contributed by atoms with E-state index >= 15 is 0 Å². The lowest BCUT2D eigenvalue weighted by Crippen LogP contribution is -2.27. The molecular weight excluding hydrogens is 374 g/mol. The smallest absolute Gasteiger partial charge is 0.276 e. The zero-order valence-electron chi connectivity index (χ0n) is 16.6. The number of carbonyl (C=O) groups excluding carboxylic acids is 1. The van der Waals surface area contributed by atoms with Crippen LogP contribution in [0.25, 0.3) is 11.3 Å². The molecule has 0 aliphatic heterocycles. The monoisotopic (exact) mass is 395 g/mol. The van der Waals surface area contributed by atoms with Crippen molar-refractivity contribution in [2.24, 2.45) is 0 Å². The first-order valence-corrected chi connectivity index (χ1v) is 9.63. The molecule has 1 aromatic heterocycles. The number of rotatable bonds is 6. The first-order valence-electron chi connectivity index (χ1n) is 9.63. The lowest BCUT2D eigenvalue weighted by molar-refractivity contribution is 0.0988. The summed E-state index contributed by atoms with van der Waals surface area (Å²) in [4.78, 5) is 23.1. The summed E-state index contributed by atoms with van der Waals surface area (Å²) in [6, 6.07) is 28.8. The molecule has 0 saturated carbocycles. The van der Waals surface area contributed by atoms with Gasteiger partial charge in [-0.2, -0.15) is 0 Å². The van der Waals surface area contributed by atoms with Crippen LogP contribution < -0.4 is 9.64 Å². The van der Waals surface area contributed by atoms with Crippen molar-refractivity contribution in [2.75, 3.05) is 11.9 Å². The van der Waals surface area contributed by atoms with Gasteiger partial charge in [0.2, 0.25) is 0 Å². The normalized spacial score (nSPS) is 10.4. The number of para-hydroxylation sites is 2. The quantitative estimate of drug-likeness (QED) is 0.461. The molecule has 0 fully saturated rings. The van der Waals surface area contributed by atoms with Crippen LogP contribution in [0.1, 0.15) is 16.1 Å². The summed E-state index contributed by atoms with van der Waals surface area (Å²) in [7, 11) is 1.73. The Morgan fingerprint density at radius 1 is 0.867 bits per heavy atom. The number of anilines is 1. The van der Waals surface area contributed by atoms with E-state index < -0.39 is 0 Å². The van der Waals surface area contributed by atoms with Crippen LogP contribution in [-0.2, 0) is 6.61 Å². The SMILES string of the molecule is CN(C(=O)c1cc(-c2ccccc2OCc2ccccc2)ncn1)c1ccccc1. The van der Waals surface area contributed by atoms with E-state index in [0.29, 0.717) is 23.7 Å². The Bertz CT molecular complexity index is 1130. The molecule has 5 nitrogen and oxygen atoms in total. The van der Waals surface area contributed by atoms with E-state index in [0.717, 1.165) is 16.8 Å². The second-order valence-corrected chi connectivity index (χ2v) is 6.76. The lowest BCUT2D eigenvalue weighted by Gasteiger charge is -2.17. The highest BCUT2D eigenvalue weighted by molar-refractivity contribution is 6.04. The summed E-state index contributed by atoms with van der Waals surface area (Å²) in [6.45, 7) is 0.450. The Morgan fingerprint density at radius 2 is 1.53 bits per heavy atom. The highest BCUT2D eigenvalue weighted by Gasteiger charge is 2.17. The van der Waals surface area contributed by atoms with Gasteiger partial charge in [-0.25, -0.2) is 9.97 Å². The van der Waals surface area contributed by atoms with Gasteiger partial charge in [0.05, 0.1) is 5.69 Å². The zero-order chi connectivity index (χ0) is 20.8. The summed E-state index contributed by atoms with van der Waals surface area (Å²) < 4.78 is 6.04. The fraction of sp³-hybridized carbons (Fsp3) is 0.0800. The number of hydrogen-bond acceptors (Lipinski definition) is 4. The minimum absolute atomic E-state index is 0.201. The molecule has 0 spiro atoms. The Hall–Kier alpha value is -3.99. The van der Waals surface area contributed by atoms with Crippen molar-refractivity contribution in [3.8, 4) is 17.0 Å². The first-order chi connectivity index (χ1) is 14.7. The zero-order valence-corrected chi connectivity index (χ0v) is 16.6. The second kappa shape index (κ2) is 9.01. The summed E-state index contributed by atoms with van der Waals surface area (Å²) >= 11 is 0. The van der Waals surface area contributed by atoms with Gasteiger partial charge in [0.15, 0.2) is 0 Å². The highest BCUT2D eigenvalue weighted by atomic mass is 16.5. The Kier molecular flexibility index (Phi) is 5.80. The van der Waals surface area contributed by atoms with Gasteiger partial charge in [-0.1, -0.05) is 60.7 Å². The fourth-order valence-corrected chi connectivity index (χ4v) is 3.10. The maximum atomic E-state index is 12.9. The van der Waals surface area contributed by atoms with E-state index in [1.807, 2.05) is 84.9 Å². The molecule has 0 N–H and O–H groups in total. The van der Waals surface area contributed by atoms with Gasteiger partial charge in [0.1, 0.15) is 24.4 Å². The maximum Gasteiger partial charge on any atom is 0.276 e. The van der Waals surface area contributed by atoms with E-state index in [9.17, 15) is 4.79 Å². The molecule has 0 aliphatic carbocycles. The van der Waals surface area contributed by atoms with Gasteiger partial charge in [-0.15, -0.1) is 0 Å². The summed E-state index contributed by atoms with van der Waals surface area (Å²) in [6.07, 6.45) is 1.41. The van der Waals surface area contributed by atoms with Crippen LogP contribution in [0.4, 0.5) is 5.69 Å². The standard InChI is InChI=1S/C25H21N3O2/c1-28(20-12-6-3-7-13-20)25(29)23-16-22(26-18-27-23)21-14-8-9-15-24(21)30-17-19-10-4-2-5-11-19/h2-16,18H,17H2,1H3. The van der Waals surface area contributed by atoms with Gasteiger partial charge < -0.3 is 9.64 Å². The number of hydrogen-bond donors (Lipinski definition) is 0. The molecule has 148 valence electrons. The third-order valence-corrected chi connectivity index (χ3v) is 4.73. The largest absolute Gasteiger partial charge is 0.488 e. The van der Waals surface area contributed by atoms with E-state index in [4.69, 9.17) is 4.74 Å². The molecule has 0 unspecified atom stereocenters. The van der Waals surface area contributed by atoms with E-state index in [-0.39, 0.29) is 5.91 Å². The van der Waals surface area contributed by atoms with Crippen molar-refractivity contribution in [1.82, 2.24) is 9.97 Å². The van der Waals surface area contributed by atoms with Crippen molar-refractivity contribution in [3.05, 3.63) is 109 Å². The first kappa shape index (κ1) is 19.3. The van der Waals surface area contributed by atoms with E-state index in [1.54, 1.807) is 18.0 Å². The number of benzene rings is 3. The molecule has 0 atom stereocenters. The van der Waals surface area contributed by atoms with Crippen LogP contribution in [0.2, 0.25) is 0 Å². The van der Waals surface area contributed by atoms with Crippen LogP contribution >= 0.6 is 0 Å². The molecule has 4 aromatic rings. The van der Waals surface area contributed by atoms with Crippen molar-refractivity contribution in [3.63, 3.8) is 0 Å². The number of aromatic nitrogens is 2. The van der Waals surface area contributed by atoms with Crippen molar-refractivity contribution < 1.29 is 9.53 Å². The average molecular weight is 395 g/mol. The molecule has 5 heteroatoms. The van der Waals surface area contributed by atoms with Crippen molar-refractivity contribution >= 4 is 11.6 Å². The molecule has 0 bridgehead atoms. The van der Waals surface area contributed by atoms with Gasteiger partial charge in [0.25, 0.3) is 5.91 Å². The van der Waals surface area contributed by atoms with Crippen LogP contribution in [0.5, 0.6) is 5.75 Å². The number of carbonyl (C=O) groups is 1. The molecule has 3 aromatic carbocycles. The molecule has 0 saturated heterocycles. The van der Waals surface area contributed by atoms with E-state index in [2.05, 4.69) is 9.97 Å².